The largest absolute Gasteiger partial charge is 0.273 e. The van der Waals surface area contributed by atoms with Crippen molar-refractivity contribution in [3.05, 3.63) is 36.0 Å². The second kappa shape index (κ2) is 3.69. The number of ketones is 1. The molecule has 68 valence electrons. The van der Waals surface area contributed by atoms with Crippen molar-refractivity contribution in [1.29, 1.82) is 0 Å². The smallest absolute Gasteiger partial charge is 0.249 e. The number of hydrogen-bond acceptors (Lipinski definition) is 2. The van der Waals surface area contributed by atoms with Crippen LogP contribution in [0.4, 0.5) is 0 Å². The summed E-state index contributed by atoms with van der Waals surface area (Å²) in [6.07, 6.45) is 12.6. The number of allylic oxidation sites excluding steroid dienone is 6. The molecule has 0 N–H and O–H groups in total. The van der Waals surface area contributed by atoms with Gasteiger partial charge in [-0.05, 0) is 9.52 Å². The van der Waals surface area contributed by atoms with Crippen molar-refractivity contribution in [1.82, 2.24) is 0 Å². The Bertz CT molecular complexity index is 408. The predicted molar refractivity (Wildman–Crippen MR) is 56.1 cm³/mol. The van der Waals surface area contributed by atoms with E-state index in [0.717, 1.165) is 0 Å². The fraction of sp³-hybridized carbons (Fsp3) is 0.200. The highest BCUT2D eigenvalue weighted by Gasteiger charge is 2.12. The molecule has 0 aromatic heterocycles. The summed E-state index contributed by atoms with van der Waals surface area (Å²) < 4.78 is 11.3. The molecule has 3 heteroatoms. The molecule has 0 saturated carbocycles. The molecule has 0 unspecified atom stereocenters. The minimum Gasteiger partial charge on any atom is -0.273 e. The van der Waals surface area contributed by atoms with Gasteiger partial charge in [-0.1, -0.05) is 0 Å². The highest BCUT2D eigenvalue weighted by Crippen LogP contribution is 2.03. The Morgan fingerprint density at radius 1 is 1.54 bits per heavy atom. The molecule has 0 heterocycles. The standard InChI is InChI=1S/C10H11O2S/c1-13(2,12)8-10(11)9-6-4-3-5-7-9/h3-4,6-8H,1-2H3/q+1. The second-order valence-corrected chi connectivity index (χ2v) is 5.94. The van der Waals surface area contributed by atoms with E-state index >= 15 is 0 Å². The van der Waals surface area contributed by atoms with Gasteiger partial charge in [0.2, 0.25) is 5.78 Å². The topological polar surface area (TPSA) is 34.1 Å². The third kappa shape index (κ3) is 3.36. The van der Waals surface area contributed by atoms with Crippen LogP contribution >= 0.6 is 0 Å². The highest BCUT2D eigenvalue weighted by molar-refractivity contribution is 8.01. The lowest BCUT2D eigenvalue weighted by molar-refractivity contribution is -0.109. The number of carbonyl (C=O) groups excluding carboxylic acids is 1. The van der Waals surface area contributed by atoms with Gasteiger partial charge in [-0.15, -0.1) is 0 Å². The first-order chi connectivity index (χ1) is 5.99. The molecule has 0 saturated heterocycles. The first-order valence-corrected chi connectivity index (χ1v) is 6.22. The zero-order valence-electron chi connectivity index (χ0n) is 7.61. The van der Waals surface area contributed by atoms with Crippen molar-refractivity contribution in [2.45, 2.75) is 0 Å². The van der Waals surface area contributed by atoms with Gasteiger partial charge in [0.15, 0.2) is 0 Å². The van der Waals surface area contributed by atoms with Crippen molar-refractivity contribution >= 4 is 20.7 Å². The molecule has 1 rings (SSSR count). The molecule has 0 aromatic carbocycles. The highest BCUT2D eigenvalue weighted by atomic mass is 32.2. The fourth-order valence-electron chi connectivity index (χ4n) is 0.872. The minimum absolute atomic E-state index is 0.202. The van der Waals surface area contributed by atoms with E-state index in [9.17, 15) is 9.00 Å². The van der Waals surface area contributed by atoms with Gasteiger partial charge in [-0.25, -0.2) is 0 Å². The molecule has 0 bridgehead atoms. The Morgan fingerprint density at radius 3 is 2.69 bits per heavy atom. The van der Waals surface area contributed by atoms with Crippen molar-refractivity contribution in [3.8, 4) is 0 Å². The molecule has 0 aromatic rings. The molecule has 0 spiro atoms. The van der Waals surface area contributed by atoms with Gasteiger partial charge >= 0.3 is 0 Å². The van der Waals surface area contributed by atoms with Crippen LogP contribution in [0.3, 0.4) is 0 Å². The van der Waals surface area contributed by atoms with Crippen LogP contribution in [-0.4, -0.2) is 27.9 Å². The third-order valence-corrected chi connectivity index (χ3v) is 2.16. The fourth-order valence-corrected chi connectivity index (χ4v) is 1.52. The normalized spacial score (nSPS) is 14.8. The van der Waals surface area contributed by atoms with Crippen molar-refractivity contribution in [2.75, 3.05) is 12.5 Å². The van der Waals surface area contributed by atoms with Crippen LogP contribution in [0.1, 0.15) is 0 Å². The monoisotopic (exact) mass is 195 g/mol. The van der Waals surface area contributed by atoms with Crippen molar-refractivity contribution in [2.24, 2.45) is 0 Å². The lowest BCUT2D eigenvalue weighted by Crippen LogP contribution is -2.10. The van der Waals surface area contributed by atoms with Crippen LogP contribution in [0.15, 0.2) is 29.9 Å². The third-order valence-electron chi connectivity index (χ3n) is 1.38. The molecule has 0 aliphatic heterocycles. The summed E-state index contributed by atoms with van der Waals surface area (Å²) in [6, 6.07) is 0. The van der Waals surface area contributed by atoms with Gasteiger partial charge in [0.25, 0.3) is 0 Å². The van der Waals surface area contributed by atoms with Crippen LogP contribution in [-0.2, 0) is 14.3 Å². The number of rotatable bonds is 2. The zero-order valence-corrected chi connectivity index (χ0v) is 8.43. The lowest BCUT2D eigenvalue weighted by Gasteiger charge is -1.93. The van der Waals surface area contributed by atoms with Crippen LogP contribution < -0.4 is 0 Å². The maximum Gasteiger partial charge on any atom is 0.249 e. The summed E-state index contributed by atoms with van der Waals surface area (Å²) in [4.78, 5) is 11.4. The molecule has 0 amide bonds. The van der Waals surface area contributed by atoms with E-state index in [2.05, 4.69) is 6.08 Å². The van der Waals surface area contributed by atoms with Gasteiger partial charge in [-0.2, -0.15) is 0 Å². The van der Waals surface area contributed by atoms with Crippen LogP contribution in [0, 0.1) is 6.08 Å². The molecule has 13 heavy (non-hydrogen) atoms. The Morgan fingerprint density at radius 2 is 2.23 bits per heavy atom. The molecular weight excluding hydrogens is 184 g/mol. The Hall–Kier alpha value is -1.18. The maximum atomic E-state index is 11.4. The molecule has 0 fully saturated rings. The van der Waals surface area contributed by atoms with E-state index < -0.39 is 9.52 Å². The molecule has 2 nitrogen and oxygen atoms in total. The quantitative estimate of drug-likeness (QED) is 0.481. The summed E-state index contributed by atoms with van der Waals surface area (Å²) in [5, 5.41) is 1.26. The van der Waals surface area contributed by atoms with Crippen LogP contribution in [0.5, 0.6) is 0 Å². The van der Waals surface area contributed by atoms with Gasteiger partial charge < -0.3 is 0 Å². The lowest BCUT2D eigenvalue weighted by atomic mass is 10.1. The summed E-state index contributed by atoms with van der Waals surface area (Å²) in [5.41, 5.74) is 0.527. The summed E-state index contributed by atoms with van der Waals surface area (Å²) in [7, 11) is -2.11. The molecule has 0 atom stereocenters. The van der Waals surface area contributed by atoms with Gasteiger partial charge in [0.05, 0.1) is 11.4 Å². The Kier molecular flexibility index (Phi) is 2.81. The van der Waals surface area contributed by atoms with Crippen LogP contribution in [0.25, 0.3) is 0 Å². The maximum absolute atomic E-state index is 11.4. The number of hydrogen-bond donors (Lipinski definition) is 0. The van der Waals surface area contributed by atoms with Gasteiger partial charge in [0.1, 0.15) is 17.7 Å². The second-order valence-electron chi connectivity index (χ2n) is 3.08. The van der Waals surface area contributed by atoms with Crippen molar-refractivity contribution < 1.29 is 9.00 Å². The van der Waals surface area contributed by atoms with E-state index in [1.165, 1.54) is 17.9 Å². The van der Waals surface area contributed by atoms with Crippen molar-refractivity contribution in [3.63, 3.8) is 0 Å². The number of Topliss-reactive ketones (excluding diaryl/α,β-unsaturated/α-hetero) is 1. The van der Waals surface area contributed by atoms with E-state index in [0.29, 0.717) is 5.57 Å². The van der Waals surface area contributed by atoms with E-state index in [1.807, 2.05) is 0 Å². The average molecular weight is 195 g/mol. The Balaban J connectivity index is 2.94. The molecule has 1 aliphatic rings. The first kappa shape index (κ1) is 9.90. The predicted octanol–water partition coefficient (Wildman–Crippen LogP) is 0.757. The minimum atomic E-state index is -2.11. The van der Waals surface area contributed by atoms with Crippen LogP contribution in [0.2, 0.25) is 0 Å². The summed E-state index contributed by atoms with van der Waals surface area (Å²) in [5.74, 6) is -0.202. The summed E-state index contributed by atoms with van der Waals surface area (Å²) in [6.45, 7) is 0. The first-order valence-electron chi connectivity index (χ1n) is 3.78. The average Bonchev–Trinajstić information content (AvgIpc) is 2.03. The molecule has 1 aliphatic carbocycles. The van der Waals surface area contributed by atoms with E-state index in [1.54, 1.807) is 24.3 Å². The SMILES string of the molecule is CS(C)(=O)=CC(=O)C1=CC=C[C+]=C1. The van der Waals surface area contributed by atoms with Gasteiger partial charge in [-0.3, -0.25) is 9.00 Å². The molecular formula is C10H11O2S+. The summed E-state index contributed by atoms with van der Waals surface area (Å²) >= 11 is 0. The Labute approximate surface area is 78.7 Å². The number of carbonyl (C=O) groups is 1. The molecule has 0 radical (unpaired) electrons. The van der Waals surface area contributed by atoms with E-state index in [-0.39, 0.29) is 5.78 Å². The zero-order chi connectivity index (χ0) is 9.90. The van der Waals surface area contributed by atoms with E-state index in [4.69, 9.17) is 0 Å². The van der Waals surface area contributed by atoms with Gasteiger partial charge in [0, 0.05) is 24.7 Å².